The van der Waals surface area contributed by atoms with Gasteiger partial charge in [-0.15, -0.1) is 70.6 Å². The first-order valence-corrected chi connectivity index (χ1v) is 52.0. The number of phenolic OH excluding ortho intramolecular Hbond substituents is 4. The highest BCUT2D eigenvalue weighted by Crippen LogP contribution is 2.57. The van der Waals surface area contributed by atoms with Crippen LogP contribution < -0.4 is 14.8 Å². The van der Waals surface area contributed by atoms with Crippen molar-refractivity contribution in [2.24, 2.45) is 0 Å². The van der Waals surface area contributed by atoms with Crippen molar-refractivity contribution in [2.45, 2.75) is 436 Å². The number of ether oxygens (including phenoxy) is 3. The molecule has 0 bridgehead atoms. The maximum absolute atomic E-state index is 13.1. The number of thioether (sulfide) groups is 6. The van der Waals surface area contributed by atoms with E-state index in [1.165, 1.54) is 9.79 Å². The molecule has 7 rings (SSSR count). The van der Waals surface area contributed by atoms with Gasteiger partial charge in [0.15, 0.2) is 0 Å². The SMILES string of the molecule is CC(C)(Sc1cc(C(C)(C)C)c(O)c(C(C)(C)C)c1)Sc1cc(C(C)(C)C)c(O)c(C(C)(C)C)c1.CC(C)(Sc1cc(C(C)(C)C)c(O)c(C(C)(C)C)c1)Sc1cc(C(C)(C)C)c(OC(=O)CCC(=O)NCCS(=O)(=O)O)c(C(C)(C)C)c1.CC(C)(Sc1cc(C(C)(C)C)c(O)c(C(C)(C)C)c1)Sc1cc(C(C)(C)C)c(OC(=O)CCC(=O)O)c(C(C)(C)C)c1.O=C1CCC(=O)O1. The highest BCUT2D eigenvalue weighted by molar-refractivity contribution is 8.19. The molecular weight excluding hydrogens is 1800 g/mol. The molecule has 1 fully saturated rings. The van der Waals surface area contributed by atoms with Crippen molar-refractivity contribution >= 4 is 116 Å². The standard InChI is InChI=1S/C37H57NO7S3.C35H52O5S2.C31H48O2S2.C4H4O3/c1-33(2,3)25-19-23(20-26(31(25)41)34(4,5)6)46-37(13,14)47-24-21-27(35(7,8)9)32(28(22-24)36(10,11)12)45-30(40)16-15-29(39)38-17-18-48(42,43)44;1-31(2,3)23-17-21(18-24(29(23)39)32(4,5)6)41-35(13,14)42-22-19-25(33(7,8)9)30(26(20-22)34(10,11)12)40-28(38)16-15-27(36)37;1-27(2,3)21-15-19(16-22(25(21)32)28(4,5)6)34-31(13,14)35-20-17-23(29(7,8)9)26(33)24(18-20)30(10,11)12;5-3-1-2-4(6)7-3/h19-22,41H,15-18H2,1-14H3,(H,38,39)(H,42,43,44);17-20,39H,15-16H2,1-14H3,(H,36,37);15-18,32-33H,1-14H3;1-2H2. The largest absolute Gasteiger partial charge is 0.507 e. The van der Waals surface area contributed by atoms with Gasteiger partial charge in [0.1, 0.15) is 34.5 Å². The molecule has 0 aliphatic carbocycles. The fourth-order valence-electron chi connectivity index (χ4n) is 14.4. The zero-order valence-corrected chi connectivity index (χ0v) is 93.3. The molecule has 0 atom stereocenters. The average molecular weight is 1960 g/mol. The molecular formula is C107H161NO17S7. The van der Waals surface area contributed by atoms with E-state index in [0.717, 1.165) is 86.3 Å². The van der Waals surface area contributed by atoms with Gasteiger partial charge < -0.3 is 45.1 Å². The molecule has 1 aliphatic heterocycles. The molecule has 0 aromatic heterocycles. The third-order valence-electron chi connectivity index (χ3n) is 21.3. The topological polar surface area (TPSA) is 298 Å². The van der Waals surface area contributed by atoms with Crippen LogP contribution in [0.4, 0.5) is 0 Å². The minimum absolute atomic E-state index is 0.155. The summed E-state index contributed by atoms with van der Waals surface area (Å²) in [5.41, 5.74) is 8.35. The lowest BCUT2D eigenvalue weighted by atomic mass is 9.79. The molecule has 6 aromatic carbocycles. The Morgan fingerprint density at radius 1 is 0.311 bits per heavy atom. The third-order valence-corrected chi connectivity index (χ3v) is 29.3. The number of aromatic hydroxyl groups is 4. The van der Waals surface area contributed by atoms with Gasteiger partial charge >= 0.3 is 29.8 Å². The van der Waals surface area contributed by atoms with E-state index in [9.17, 15) is 57.6 Å². The Hall–Kier alpha value is -6.45. The van der Waals surface area contributed by atoms with Crippen LogP contribution in [0, 0.1) is 0 Å². The molecule has 1 amide bonds. The van der Waals surface area contributed by atoms with E-state index in [-0.39, 0.29) is 122 Å². The summed E-state index contributed by atoms with van der Waals surface area (Å²) in [4.78, 5) is 75.7. The van der Waals surface area contributed by atoms with E-state index in [1.54, 1.807) is 47.0 Å². The van der Waals surface area contributed by atoms with Gasteiger partial charge in [-0.3, -0.25) is 33.3 Å². The number of amides is 1. The number of carboxylic acid groups (broad SMARTS) is 1. The first-order valence-electron chi connectivity index (χ1n) is 45.5. The Balaban J connectivity index is 0.000000402. The lowest BCUT2D eigenvalue weighted by Gasteiger charge is -2.32. The molecule has 1 saturated heterocycles. The summed E-state index contributed by atoms with van der Waals surface area (Å²) in [7, 11) is -4.20. The Morgan fingerprint density at radius 3 is 0.636 bits per heavy atom. The molecule has 1 aliphatic rings. The second-order valence-electron chi connectivity index (χ2n) is 48.3. The van der Waals surface area contributed by atoms with Crippen LogP contribution in [0.1, 0.15) is 396 Å². The van der Waals surface area contributed by atoms with E-state index < -0.39 is 51.6 Å². The summed E-state index contributed by atoms with van der Waals surface area (Å²) in [6.07, 6.45) is -0.283. The number of hydrogen-bond donors (Lipinski definition) is 7. The number of rotatable bonds is 23. The number of carbonyl (C=O) groups is 6. The summed E-state index contributed by atoms with van der Waals surface area (Å²) >= 11 is 10.7. The number of nitrogens with one attached hydrogen (secondary N) is 1. The highest BCUT2D eigenvalue weighted by atomic mass is 32.2. The van der Waals surface area contributed by atoms with Gasteiger partial charge in [0.2, 0.25) is 5.91 Å². The third kappa shape index (κ3) is 36.5. The van der Waals surface area contributed by atoms with E-state index in [2.05, 4.69) is 374 Å². The fraction of sp³-hybridized carbons (Fsp3) is 0.607. The average Bonchev–Trinajstić information content (AvgIpc) is 0.798. The zero-order chi connectivity index (χ0) is 103. The molecule has 6 aromatic rings. The number of carboxylic acids is 1. The van der Waals surface area contributed by atoms with Crippen LogP contribution in [0.5, 0.6) is 34.5 Å². The van der Waals surface area contributed by atoms with Crippen LogP contribution in [0.2, 0.25) is 0 Å². The lowest BCUT2D eigenvalue weighted by Crippen LogP contribution is -2.29. The molecule has 7 N–H and O–H groups in total. The number of carbonyl (C=O) groups excluding carboxylic acids is 5. The second kappa shape index (κ2) is 43.3. The van der Waals surface area contributed by atoms with Gasteiger partial charge in [0, 0.05) is 109 Å². The number of esters is 4. The number of phenols is 4. The Kier molecular flexibility index (Phi) is 38.7. The number of hydrogen-bond acceptors (Lipinski definition) is 21. The Labute approximate surface area is 819 Å². The number of benzene rings is 6. The summed E-state index contributed by atoms with van der Waals surface area (Å²) < 4.78 is 46.0. The summed E-state index contributed by atoms with van der Waals surface area (Å²) in [5.74, 6) is -1.44. The van der Waals surface area contributed by atoms with Crippen molar-refractivity contribution in [3.8, 4) is 34.5 Å². The lowest BCUT2D eigenvalue weighted by molar-refractivity contribution is -0.152. The van der Waals surface area contributed by atoms with Crippen molar-refractivity contribution in [3.05, 3.63) is 140 Å². The maximum atomic E-state index is 13.1. The molecule has 0 spiro atoms. The van der Waals surface area contributed by atoms with Crippen molar-refractivity contribution in [1.29, 1.82) is 0 Å². The predicted molar refractivity (Wildman–Crippen MR) is 554 cm³/mol. The normalized spacial score (nSPS) is 13.8. The number of cyclic esters (lactones) is 2. The first kappa shape index (κ1) is 118. The second-order valence-corrected chi connectivity index (χ2v) is 60.8. The molecule has 0 unspecified atom stereocenters. The minimum atomic E-state index is -4.20. The van der Waals surface area contributed by atoms with Crippen LogP contribution in [-0.4, -0.2) is 98.8 Å². The summed E-state index contributed by atoms with van der Waals surface area (Å²) in [5, 5.41) is 56.1. The molecule has 132 heavy (non-hydrogen) atoms. The van der Waals surface area contributed by atoms with Crippen molar-refractivity contribution in [1.82, 2.24) is 5.32 Å². The van der Waals surface area contributed by atoms with Gasteiger partial charge in [-0.1, -0.05) is 249 Å². The van der Waals surface area contributed by atoms with Gasteiger partial charge in [-0.05, 0) is 179 Å². The van der Waals surface area contributed by atoms with Crippen LogP contribution in [0.15, 0.2) is 102 Å². The van der Waals surface area contributed by atoms with Gasteiger partial charge in [-0.25, -0.2) is 0 Å². The molecule has 0 radical (unpaired) electrons. The van der Waals surface area contributed by atoms with E-state index in [1.807, 2.05) is 23.5 Å². The van der Waals surface area contributed by atoms with Crippen molar-refractivity contribution in [2.75, 3.05) is 12.3 Å². The Bertz CT molecular complexity index is 4950. The highest BCUT2D eigenvalue weighted by Gasteiger charge is 2.39. The van der Waals surface area contributed by atoms with E-state index >= 15 is 0 Å². The first-order chi connectivity index (χ1) is 58.8. The van der Waals surface area contributed by atoms with Crippen LogP contribution in [-0.2, 0) is 109 Å². The number of aliphatic carboxylic acids is 1. The van der Waals surface area contributed by atoms with E-state index in [0.29, 0.717) is 34.5 Å². The smallest absolute Gasteiger partial charge is 0.314 e. The van der Waals surface area contributed by atoms with Crippen LogP contribution in [0.25, 0.3) is 0 Å². The van der Waals surface area contributed by atoms with Gasteiger partial charge in [0.05, 0.1) is 50.1 Å². The van der Waals surface area contributed by atoms with Gasteiger partial charge in [-0.2, -0.15) is 8.42 Å². The minimum Gasteiger partial charge on any atom is -0.507 e. The molecule has 1 heterocycles. The van der Waals surface area contributed by atoms with E-state index in [4.69, 9.17) is 19.1 Å². The van der Waals surface area contributed by atoms with Crippen LogP contribution >= 0.6 is 70.6 Å². The maximum Gasteiger partial charge on any atom is 0.314 e. The van der Waals surface area contributed by atoms with Gasteiger partial charge in [0.25, 0.3) is 10.1 Å². The fourth-order valence-corrected chi connectivity index (χ4v) is 22.5. The quantitative estimate of drug-likeness (QED) is 0.00783. The Morgan fingerprint density at radius 2 is 0.485 bits per heavy atom. The molecule has 0 saturated carbocycles. The zero-order valence-electron chi connectivity index (χ0n) is 87.6. The molecule has 18 nitrogen and oxygen atoms in total. The van der Waals surface area contributed by atoms with Crippen molar-refractivity contribution in [3.63, 3.8) is 0 Å². The molecule has 25 heteroatoms. The van der Waals surface area contributed by atoms with Crippen LogP contribution in [0.3, 0.4) is 0 Å². The predicted octanol–water partition coefficient (Wildman–Crippen LogP) is 28.6. The summed E-state index contributed by atoms with van der Waals surface area (Å²) in [6, 6.07) is 25.5. The summed E-state index contributed by atoms with van der Waals surface area (Å²) in [6.45, 7) is 89.3. The van der Waals surface area contributed by atoms with Crippen molar-refractivity contribution < 1.29 is 81.5 Å². The monoisotopic (exact) mass is 1960 g/mol. The molecule has 738 valence electrons.